The average molecular weight is 531 g/mol. The second kappa shape index (κ2) is 13.1. The molecule has 8 nitrogen and oxygen atoms in total. The molecule has 204 valence electrons. The molecule has 0 radical (unpaired) electrons. The molecule has 0 saturated carbocycles. The smallest absolute Gasteiger partial charge is 0.407 e. The van der Waals surface area contributed by atoms with Gasteiger partial charge in [-0.3, -0.25) is 4.79 Å². The zero-order chi connectivity index (χ0) is 27.8. The Morgan fingerprint density at radius 2 is 1.46 bits per heavy atom. The fraction of sp³-hybridized carbons (Fsp3) is 0.323. The number of fused-ring (bicyclic) bond motifs is 3. The van der Waals surface area contributed by atoms with Crippen LogP contribution in [0.25, 0.3) is 11.1 Å². The summed E-state index contributed by atoms with van der Waals surface area (Å²) in [6, 6.07) is 23.8. The lowest BCUT2D eigenvalue weighted by atomic mass is 9.98. The van der Waals surface area contributed by atoms with E-state index in [1.165, 1.54) is 0 Å². The molecule has 3 aromatic carbocycles. The van der Waals surface area contributed by atoms with Gasteiger partial charge in [0.1, 0.15) is 6.61 Å². The van der Waals surface area contributed by atoms with Crippen molar-refractivity contribution in [3.05, 3.63) is 95.6 Å². The summed E-state index contributed by atoms with van der Waals surface area (Å²) < 4.78 is 11.3. The number of benzene rings is 3. The van der Waals surface area contributed by atoms with Crippen LogP contribution in [0.3, 0.4) is 0 Å². The van der Waals surface area contributed by atoms with E-state index in [0.29, 0.717) is 6.42 Å². The highest BCUT2D eigenvalue weighted by molar-refractivity contribution is 5.84. The largest absolute Gasteiger partial charge is 0.480 e. The van der Waals surface area contributed by atoms with Gasteiger partial charge in [0.2, 0.25) is 5.91 Å². The van der Waals surface area contributed by atoms with Crippen molar-refractivity contribution in [3.8, 4) is 11.1 Å². The number of rotatable bonds is 12. The SMILES string of the molecule is CC[C@@H](CC(=O)N[C@H](C(=O)O)[C@@H](C)OCc1ccccc1)NC(=O)OCC1c2ccccc2-c2ccccc21. The molecule has 0 aliphatic heterocycles. The second-order valence-corrected chi connectivity index (χ2v) is 9.66. The van der Waals surface area contributed by atoms with Crippen LogP contribution in [-0.2, 0) is 25.7 Å². The first-order valence-corrected chi connectivity index (χ1v) is 13.2. The lowest BCUT2D eigenvalue weighted by molar-refractivity contribution is -0.146. The van der Waals surface area contributed by atoms with Gasteiger partial charge in [0, 0.05) is 18.4 Å². The Hall–Kier alpha value is -4.17. The molecule has 0 saturated heterocycles. The molecule has 0 spiro atoms. The lowest BCUT2D eigenvalue weighted by Crippen LogP contribution is -2.50. The molecule has 3 atom stereocenters. The molecule has 3 N–H and O–H groups in total. The Kier molecular flexibility index (Phi) is 9.33. The van der Waals surface area contributed by atoms with E-state index in [2.05, 4.69) is 22.8 Å². The van der Waals surface area contributed by atoms with E-state index in [9.17, 15) is 19.5 Å². The van der Waals surface area contributed by atoms with Gasteiger partial charge in [-0.1, -0.05) is 85.8 Å². The monoisotopic (exact) mass is 530 g/mol. The summed E-state index contributed by atoms with van der Waals surface area (Å²) in [5.74, 6) is -1.76. The van der Waals surface area contributed by atoms with Gasteiger partial charge >= 0.3 is 12.1 Å². The summed E-state index contributed by atoms with van der Waals surface area (Å²) >= 11 is 0. The number of nitrogens with one attached hydrogen (secondary N) is 2. The third kappa shape index (κ3) is 7.03. The van der Waals surface area contributed by atoms with E-state index in [0.717, 1.165) is 27.8 Å². The Bertz CT molecular complexity index is 1250. The van der Waals surface area contributed by atoms with Crippen LogP contribution in [0.2, 0.25) is 0 Å². The Morgan fingerprint density at radius 1 is 0.872 bits per heavy atom. The van der Waals surface area contributed by atoms with E-state index in [4.69, 9.17) is 9.47 Å². The van der Waals surface area contributed by atoms with Crippen LogP contribution in [0.15, 0.2) is 78.9 Å². The zero-order valence-electron chi connectivity index (χ0n) is 22.1. The number of hydrogen-bond donors (Lipinski definition) is 3. The van der Waals surface area contributed by atoms with E-state index < -0.39 is 36.2 Å². The van der Waals surface area contributed by atoms with E-state index in [-0.39, 0.29) is 25.6 Å². The van der Waals surface area contributed by atoms with E-state index in [1.54, 1.807) is 6.92 Å². The number of ether oxygens (including phenoxy) is 2. The average Bonchev–Trinajstić information content (AvgIpc) is 3.27. The fourth-order valence-electron chi connectivity index (χ4n) is 4.84. The molecule has 0 heterocycles. The van der Waals surface area contributed by atoms with Gasteiger partial charge in [-0.05, 0) is 41.2 Å². The quantitative estimate of drug-likeness (QED) is 0.308. The molecular formula is C31H34N2O6. The first-order valence-electron chi connectivity index (χ1n) is 13.2. The number of aliphatic carboxylic acids is 1. The molecule has 0 fully saturated rings. The van der Waals surface area contributed by atoms with Crippen LogP contribution in [0.4, 0.5) is 4.79 Å². The highest BCUT2D eigenvalue weighted by Crippen LogP contribution is 2.44. The number of carboxylic acids is 1. The van der Waals surface area contributed by atoms with Crippen molar-refractivity contribution >= 4 is 18.0 Å². The molecule has 0 bridgehead atoms. The number of alkyl carbamates (subject to hydrolysis) is 1. The summed E-state index contributed by atoms with van der Waals surface area (Å²) in [6.07, 6.45) is -1.00. The van der Waals surface area contributed by atoms with Crippen LogP contribution in [0, 0.1) is 0 Å². The number of amides is 2. The Labute approximate surface area is 228 Å². The normalized spacial score (nSPS) is 14.4. The van der Waals surface area contributed by atoms with Crippen molar-refractivity contribution in [3.63, 3.8) is 0 Å². The molecule has 1 aliphatic carbocycles. The minimum absolute atomic E-state index is 0.0692. The van der Waals surface area contributed by atoms with E-state index >= 15 is 0 Å². The highest BCUT2D eigenvalue weighted by Gasteiger charge is 2.30. The van der Waals surface area contributed by atoms with E-state index in [1.807, 2.05) is 73.7 Å². The van der Waals surface area contributed by atoms with Crippen molar-refractivity contribution in [2.75, 3.05) is 6.61 Å². The van der Waals surface area contributed by atoms with Crippen LogP contribution < -0.4 is 10.6 Å². The van der Waals surface area contributed by atoms with Gasteiger partial charge in [-0.2, -0.15) is 0 Å². The fourth-order valence-corrected chi connectivity index (χ4v) is 4.84. The second-order valence-electron chi connectivity index (χ2n) is 9.66. The number of carboxylic acid groups (broad SMARTS) is 1. The van der Waals surface area contributed by atoms with Crippen molar-refractivity contribution < 1.29 is 29.0 Å². The minimum atomic E-state index is -1.23. The molecule has 2 amide bonds. The molecule has 0 aromatic heterocycles. The predicted molar refractivity (Wildman–Crippen MR) is 147 cm³/mol. The van der Waals surface area contributed by atoms with Crippen LogP contribution in [0.5, 0.6) is 0 Å². The molecular weight excluding hydrogens is 496 g/mol. The van der Waals surface area contributed by atoms with Crippen LogP contribution >= 0.6 is 0 Å². The molecule has 1 aliphatic rings. The molecule has 39 heavy (non-hydrogen) atoms. The number of carbonyl (C=O) groups is 3. The third-order valence-electron chi connectivity index (χ3n) is 7.00. The van der Waals surface area contributed by atoms with Crippen LogP contribution in [-0.4, -0.2) is 47.9 Å². The summed E-state index contributed by atoms with van der Waals surface area (Å²) in [4.78, 5) is 37.2. The van der Waals surface area contributed by atoms with Crippen molar-refractivity contribution in [1.29, 1.82) is 0 Å². The van der Waals surface area contributed by atoms with Gasteiger partial charge in [-0.15, -0.1) is 0 Å². The highest BCUT2D eigenvalue weighted by atomic mass is 16.5. The zero-order valence-corrected chi connectivity index (χ0v) is 22.1. The Balaban J connectivity index is 1.28. The minimum Gasteiger partial charge on any atom is -0.480 e. The molecule has 3 aromatic rings. The number of hydrogen-bond acceptors (Lipinski definition) is 5. The maximum absolute atomic E-state index is 12.7. The summed E-state index contributed by atoms with van der Waals surface area (Å²) in [7, 11) is 0. The first kappa shape index (κ1) is 27.9. The maximum Gasteiger partial charge on any atom is 0.407 e. The lowest BCUT2D eigenvalue weighted by Gasteiger charge is -2.23. The predicted octanol–water partition coefficient (Wildman–Crippen LogP) is 4.87. The van der Waals surface area contributed by atoms with Gasteiger partial charge in [0.05, 0.1) is 12.7 Å². The summed E-state index contributed by atoms with van der Waals surface area (Å²) in [6.45, 7) is 3.83. The first-order chi connectivity index (χ1) is 18.9. The maximum atomic E-state index is 12.7. The topological polar surface area (TPSA) is 114 Å². The molecule has 8 heteroatoms. The Morgan fingerprint density at radius 3 is 2.05 bits per heavy atom. The third-order valence-corrected chi connectivity index (χ3v) is 7.00. The molecule has 0 unspecified atom stereocenters. The van der Waals surface area contributed by atoms with Gasteiger partial charge in [0.15, 0.2) is 6.04 Å². The van der Waals surface area contributed by atoms with Gasteiger partial charge < -0.3 is 25.2 Å². The van der Waals surface area contributed by atoms with Crippen molar-refractivity contribution in [2.24, 2.45) is 0 Å². The summed E-state index contributed by atoms with van der Waals surface area (Å²) in [5, 5.41) is 14.9. The standard InChI is InChI=1S/C31H34N2O6/c1-3-22(17-28(34)33-29(30(35)36)20(2)38-18-21-11-5-4-6-12-21)32-31(37)39-19-27-25-15-9-7-13-23(25)24-14-8-10-16-26(24)27/h4-16,20,22,27,29H,3,17-19H2,1-2H3,(H,32,37)(H,33,34)(H,35,36)/t20-,22+,29+/m1/s1. The summed E-state index contributed by atoms with van der Waals surface area (Å²) in [5.41, 5.74) is 5.40. The van der Waals surface area contributed by atoms with Crippen LogP contribution in [0.1, 0.15) is 49.3 Å². The van der Waals surface area contributed by atoms with Crippen molar-refractivity contribution in [1.82, 2.24) is 10.6 Å². The van der Waals surface area contributed by atoms with Gasteiger partial charge in [0.25, 0.3) is 0 Å². The number of carbonyl (C=O) groups excluding carboxylic acids is 2. The van der Waals surface area contributed by atoms with Gasteiger partial charge in [-0.25, -0.2) is 9.59 Å². The molecule has 4 rings (SSSR count). The van der Waals surface area contributed by atoms with Crippen molar-refractivity contribution in [2.45, 2.75) is 57.4 Å².